The van der Waals surface area contributed by atoms with Crippen LogP contribution in [0.3, 0.4) is 0 Å². The number of Topliss-reactive ketones (excluding diaryl/α,β-unsaturated/α-hetero) is 1. The molecule has 0 bridgehead atoms. The molecular formula is C30H32ClNO5. The van der Waals surface area contributed by atoms with Crippen molar-refractivity contribution in [3.63, 3.8) is 0 Å². The van der Waals surface area contributed by atoms with E-state index in [9.17, 15) is 9.59 Å². The molecule has 6 nitrogen and oxygen atoms in total. The van der Waals surface area contributed by atoms with Crippen molar-refractivity contribution < 1.29 is 23.8 Å². The first-order valence-corrected chi connectivity index (χ1v) is 13.2. The first-order valence-electron chi connectivity index (χ1n) is 12.8. The van der Waals surface area contributed by atoms with E-state index < -0.39 is 5.92 Å². The number of ether oxygens (including phenoxy) is 3. The molecule has 5 rings (SSSR count). The number of ketones is 1. The lowest BCUT2D eigenvalue weighted by molar-refractivity contribution is -0.144. The number of rotatable bonds is 6. The van der Waals surface area contributed by atoms with Gasteiger partial charge in [-0.2, -0.15) is 0 Å². The van der Waals surface area contributed by atoms with Crippen molar-refractivity contribution in [2.24, 2.45) is 0 Å². The van der Waals surface area contributed by atoms with E-state index >= 15 is 0 Å². The Morgan fingerprint density at radius 3 is 2.43 bits per heavy atom. The summed E-state index contributed by atoms with van der Waals surface area (Å²) in [6, 6.07) is 13.2. The normalized spacial score (nSPS) is 22.0. The second-order valence-corrected chi connectivity index (χ2v) is 10.4. The maximum atomic E-state index is 13.8. The van der Waals surface area contributed by atoms with Crippen molar-refractivity contribution >= 4 is 23.4 Å². The average Bonchev–Trinajstić information content (AvgIpc) is 3.40. The van der Waals surface area contributed by atoms with Gasteiger partial charge in [-0.15, -0.1) is 0 Å². The number of allylic oxidation sites excluding steroid dienone is 3. The Balaban J connectivity index is 1.54. The van der Waals surface area contributed by atoms with E-state index in [1.165, 1.54) is 0 Å². The maximum Gasteiger partial charge on any atom is 0.337 e. The Morgan fingerprint density at radius 1 is 1.00 bits per heavy atom. The topological polar surface area (TPSA) is 73.9 Å². The quantitative estimate of drug-likeness (QED) is 0.456. The van der Waals surface area contributed by atoms with E-state index in [1.54, 1.807) is 20.3 Å². The zero-order valence-electron chi connectivity index (χ0n) is 21.4. The van der Waals surface area contributed by atoms with Gasteiger partial charge in [0.15, 0.2) is 17.3 Å². The summed E-state index contributed by atoms with van der Waals surface area (Å²) in [7, 11) is 3.20. The Kier molecular flexibility index (Phi) is 7.29. The molecule has 0 saturated heterocycles. The predicted octanol–water partition coefficient (Wildman–Crippen LogP) is 6.20. The van der Waals surface area contributed by atoms with Crippen molar-refractivity contribution in [2.75, 3.05) is 14.2 Å². The molecule has 7 heteroatoms. The van der Waals surface area contributed by atoms with Gasteiger partial charge in [-0.3, -0.25) is 4.79 Å². The third kappa shape index (κ3) is 4.87. The second-order valence-electron chi connectivity index (χ2n) is 9.96. The van der Waals surface area contributed by atoms with E-state index in [2.05, 4.69) is 5.32 Å². The summed E-state index contributed by atoms with van der Waals surface area (Å²) in [4.78, 5) is 27.4. The molecule has 0 radical (unpaired) electrons. The third-order valence-corrected chi connectivity index (χ3v) is 8.06. The molecule has 1 saturated carbocycles. The SMILES string of the molecule is COc1ccc([C@H]2CC(=O)C3=C(C2)NC(C)=C(C(=O)OC2CCCC2)[C@@H]3c2ccccc2Cl)cc1OC. The number of carbonyl (C=O) groups is 2. The van der Waals surface area contributed by atoms with Crippen LogP contribution >= 0.6 is 11.6 Å². The highest BCUT2D eigenvalue weighted by atomic mass is 35.5. The molecule has 194 valence electrons. The van der Waals surface area contributed by atoms with Gasteiger partial charge < -0.3 is 19.5 Å². The van der Waals surface area contributed by atoms with Crippen LogP contribution in [0, 0.1) is 0 Å². The number of esters is 1. The summed E-state index contributed by atoms with van der Waals surface area (Å²) in [5, 5.41) is 3.94. The van der Waals surface area contributed by atoms with Gasteiger partial charge in [0.25, 0.3) is 0 Å². The Morgan fingerprint density at radius 2 is 1.73 bits per heavy atom. The summed E-state index contributed by atoms with van der Waals surface area (Å²) in [5.74, 6) is 0.293. The Hall–Kier alpha value is -3.25. The highest BCUT2D eigenvalue weighted by Crippen LogP contribution is 2.48. The molecule has 2 aromatic rings. The van der Waals surface area contributed by atoms with Crippen molar-refractivity contribution in [3.8, 4) is 11.5 Å². The molecule has 1 aliphatic heterocycles. The van der Waals surface area contributed by atoms with Gasteiger partial charge >= 0.3 is 5.97 Å². The summed E-state index contributed by atoms with van der Waals surface area (Å²) in [6.45, 7) is 1.88. The smallest absolute Gasteiger partial charge is 0.337 e. The molecule has 3 aliphatic rings. The molecule has 1 fully saturated rings. The largest absolute Gasteiger partial charge is 0.493 e. The van der Waals surface area contributed by atoms with Crippen LogP contribution in [0.1, 0.15) is 68.4 Å². The molecule has 2 aliphatic carbocycles. The first kappa shape index (κ1) is 25.4. The molecule has 0 amide bonds. The fourth-order valence-corrected chi connectivity index (χ4v) is 6.14. The zero-order chi connectivity index (χ0) is 26.1. The van der Waals surface area contributed by atoms with E-state index in [1.807, 2.05) is 43.3 Å². The van der Waals surface area contributed by atoms with Crippen LogP contribution in [0.5, 0.6) is 11.5 Å². The minimum atomic E-state index is -0.572. The zero-order valence-corrected chi connectivity index (χ0v) is 22.2. The summed E-state index contributed by atoms with van der Waals surface area (Å²) >= 11 is 6.66. The van der Waals surface area contributed by atoms with Crippen LogP contribution in [0.2, 0.25) is 5.02 Å². The third-order valence-electron chi connectivity index (χ3n) is 7.72. The number of benzene rings is 2. The summed E-state index contributed by atoms with van der Waals surface area (Å²) < 4.78 is 16.8. The molecule has 2 atom stereocenters. The van der Waals surface area contributed by atoms with Crippen molar-refractivity contribution in [1.82, 2.24) is 5.32 Å². The van der Waals surface area contributed by atoms with E-state index in [0.29, 0.717) is 46.2 Å². The highest BCUT2D eigenvalue weighted by Gasteiger charge is 2.42. The standard InChI is InChI=1S/C30H32ClNO5/c1-17-27(30(34)37-20-8-4-5-9-20)28(21-10-6-7-11-22(21)31)29-23(32-17)14-19(15-24(29)33)18-12-13-25(35-2)26(16-18)36-3/h6-7,10-13,16,19-20,28,32H,4-5,8-9,14-15H2,1-3H3/t19-,28+/m1/s1. The molecule has 1 N–H and O–H groups in total. The summed E-state index contributed by atoms with van der Waals surface area (Å²) in [5.41, 5.74) is 4.35. The first-order chi connectivity index (χ1) is 17.9. The van der Waals surface area contributed by atoms with Crippen LogP contribution in [0.25, 0.3) is 0 Å². The fraction of sp³-hybridized carbons (Fsp3) is 0.400. The van der Waals surface area contributed by atoms with Crippen LogP contribution in [-0.2, 0) is 14.3 Å². The van der Waals surface area contributed by atoms with Gasteiger partial charge in [0.1, 0.15) is 6.10 Å². The predicted molar refractivity (Wildman–Crippen MR) is 142 cm³/mol. The molecular weight excluding hydrogens is 490 g/mol. The number of hydrogen-bond donors (Lipinski definition) is 1. The van der Waals surface area contributed by atoms with Crippen molar-refractivity contribution in [2.45, 2.75) is 63.4 Å². The average molecular weight is 522 g/mol. The molecule has 1 heterocycles. The van der Waals surface area contributed by atoms with Crippen LogP contribution < -0.4 is 14.8 Å². The van der Waals surface area contributed by atoms with Crippen LogP contribution in [0.15, 0.2) is 65.0 Å². The number of halogens is 1. The van der Waals surface area contributed by atoms with Gasteiger partial charge in [0.05, 0.1) is 19.8 Å². The second kappa shape index (κ2) is 10.6. The minimum absolute atomic E-state index is 0.00267. The number of nitrogens with one attached hydrogen (secondary N) is 1. The lowest BCUT2D eigenvalue weighted by Crippen LogP contribution is -2.36. The fourth-order valence-electron chi connectivity index (χ4n) is 5.89. The molecule has 37 heavy (non-hydrogen) atoms. The minimum Gasteiger partial charge on any atom is -0.493 e. The molecule has 0 unspecified atom stereocenters. The maximum absolute atomic E-state index is 13.8. The van der Waals surface area contributed by atoms with Crippen LogP contribution in [0.4, 0.5) is 0 Å². The Labute approximate surface area is 222 Å². The monoisotopic (exact) mass is 521 g/mol. The van der Waals surface area contributed by atoms with Crippen molar-refractivity contribution in [3.05, 3.63) is 81.2 Å². The van der Waals surface area contributed by atoms with E-state index in [0.717, 1.165) is 42.5 Å². The molecule has 2 aromatic carbocycles. The molecule has 0 spiro atoms. The number of dihydropyridines is 1. The number of methoxy groups -OCH3 is 2. The lowest BCUT2D eigenvalue weighted by Gasteiger charge is -2.37. The van der Waals surface area contributed by atoms with Gasteiger partial charge in [-0.25, -0.2) is 4.79 Å². The van der Waals surface area contributed by atoms with E-state index in [4.69, 9.17) is 25.8 Å². The van der Waals surface area contributed by atoms with Gasteiger partial charge in [-0.05, 0) is 74.3 Å². The summed E-state index contributed by atoms with van der Waals surface area (Å²) in [6.07, 6.45) is 4.75. The highest BCUT2D eigenvalue weighted by molar-refractivity contribution is 6.31. The lowest BCUT2D eigenvalue weighted by atomic mass is 9.71. The number of carbonyl (C=O) groups excluding carboxylic acids is 2. The van der Waals surface area contributed by atoms with Gasteiger partial charge in [0, 0.05) is 34.3 Å². The van der Waals surface area contributed by atoms with Gasteiger partial charge in [-0.1, -0.05) is 35.9 Å². The Bertz CT molecular complexity index is 1290. The van der Waals surface area contributed by atoms with E-state index in [-0.39, 0.29) is 23.8 Å². The molecule has 0 aromatic heterocycles. The van der Waals surface area contributed by atoms with Gasteiger partial charge in [0.2, 0.25) is 0 Å². The number of hydrogen-bond acceptors (Lipinski definition) is 6. The van der Waals surface area contributed by atoms with Crippen LogP contribution in [-0.4, -0.2) is 32.1 Å². The van der Waals surface area contributed by atoms with Crippen molar-refractivity contribution in [1.29, 1.82) is 0 Å².